The van der Waals surface area contributed by atoms with E-state index in [1.54, 1.807) is 23.1 Å². The highest BCUT2D eigenvalue weighted by molar-refractivity contribution is 8.01. The molecule has 0 amide bonds. The van der Waals surface area contributed by atoms with Crippen LogP contribution in [0.3, 0.4) is 0 Å². The zero-order valence-electron chi connectivity index (χ0n) is 11.9. The minimum absolute atomic E-state index is 0.672. The first-order valence-corrected chi connectivity index (χ1v) is 8.22. The van der Waals surface area contributed by atoms with E-state index in [1.165, 1.54) is 14.8 Å². The summed E-state index contributed by atoms with van der Waals surface area (Å²) in [5.74, 6) is 0.672. The molecule has 0 unspecified atom stereocenters. The van der Waals surface area contributed by atoms with Crippen LogP contribution in [0.15, 0.2) is 26.7 Å². The fraction of sp³-hybridized carbons (Fsp3) is 0.500. The standard InChI is InChI=1S/C14H21N3S2/c1-10(2)8-15-9-12-11(3)16-17(4)14(12)19-13-6-5-7-18-13/h5-7,10,15H,8-9H2,1-4H3. The molecule has 1 N–H and O–H groups in total. The normalized spacial score (nSPS) is 11.4. The van der Waals surface area contributed by atoms with E-state index in [1.807, 2.05) is 11.7 Å². The molecule has 0 aliphatic heterocycles. The summed E-state index contributed by atoms with van der Waals surface area (Å²) in [6.45, 7) is 8.47. The number of nitrogens with zero attached hydrogens (tertiary/aromatic N) is 2. The van der Waals surface area contributed by atoms with E-state index in [0.717, 1.165) is 18.8 Å². The Kier molecular flexibility index (Phi) is 5.07. The minimum Gasteiger partial charge on any atom is -0.312 e. The van der Waals surface area contributed by atoms with Gasteiger partial charge in [0.1, 0.15) is 5.03 Å². The first kappa shape index (κ1) is 14.6. The lowest BCUT2D eigenvalue weighted by Crippen LogP contribution is -2.19. The van der Waals surface area contributed by atoms with Crippen LogP contribution in [0.5, 0.6) is 0 Å². The van der Waals surface area contributed by atoms with Gasteiger partial charge in [-0.2, -0.15) is 5.10 Å². The van der Waals surface area contributed by atoms with E-state index in [2.05, 4.69) is 48.7 Å². The summed E-state index contributed by atoms with van der Waals surface area (Å²) >= 11 is 3.58. The van der Waals surface area contributed by atoms with E-state index in [0.29, 0.717) is 5.92 Å². The van der Waals surface area contributed by atoms with E-state index in [4.69, 9.17) is 0 Å². The first-order valence-electron chi connectivity index (χ1n) is 6.52. The summed E-state index contributed by atoms with van der Waals surface area (Å²) in [5, 5.41) is 11.4. The molecule has 2 aromatic heterocycles. The van der Waals surface area contributed by atoms with Crippen LogP contribution < -0.4 is 5.32 Å². The Morgan fingerprint density at radius 1 is 1.47 bits per heavy atom. The number of aromatic nitrogens is 2. The number of nitrogens with one attached hydrogen (secondary N) is 1. The summed E-state index contributed by atoms with van der Waals surface area (Å²) < 4.78 is 3.31. The average Bonchev–Trinajstić information content (AvgIpc) is 2.92. The Bertz CT molecular complexity index is 515. The Hall–Kier alpha value is -0.780. The fourth-order valence-electron chi connectivity index (χ4n) is 1.91. The quantitative estimate of drug-likeness (QED) is 0.881. The summed E-state index contributed by atoms with van der Waals surface area (Å²) in [6.07, 6.45) is 0. The van der Waals surface area contributed by atoms with E-state index >= 15 is 0 Å². The SMILES string of the molecule is Cc1nn(C)c(Sc2cccs2)c1CNCC(C)C. The highest BCUT2D eigenvalue weighted by Crippen LogP contribution is 2.34. The molecule has 5 heteroatoms. The van der Waals surface area contributed by atoms with Gasteiger partial charge in [0.25, 0.3) is 0 Å². The van der Waals surface area contributed by atoms with Gasteiger partial charge in [0.05, 0.1) is 9.90 Å². The molecule has 0 fully saturated rings. The van der Waals surface area contributed by atoms with Crippen molar-refractivity contribution in [3.05, 3.63) is 28.8 Å². The van der Waals surface area contributed by atoms with Crippen molar-refractivity contribution in [2.45, 2.75) is 36.6 Å². The minimum atomic E-state index is 0.672. The van der Waals surface area contributed by atoms with Crippen LogP contribution in [0.25, 0.3) is 0 Å². The lowest BCUT2D eigenvalue weighted by atomic mass is 10.2. The Balaban J connectivity index is 2.12. The van der Waals surface area contributed by atoms with Crippen molar-refractivity contribution in [1.82, 2.24) is 15.1 Å². The lowest BCUT2D eigenvalue weighted by Gasteiger charge is -2.09. The zero-order valence-corrected chi connectivity index (χ0v) is 13.6. The van der Waals surface area contributed by atoms with Crippen molar-refractivity contribution in [2.75, 3.05) is 6.54 Å². The van der Waals surface area contributed by atoms with Crippen LogP contribution in [0, 0.1) is 12.8 Å². The average molecular weight is 295 g/mol. The molecule has 2 rings (SSSR count). The smallest absolute Gasteiger partial charge is 0.104 e. The molecule has 2 aromatic rings. The molecule has 0 saturated carbocycles. The second-order valence-electron chi connectivity index (χ2n) is 5.05. The van der Waals surface area contributed by atoms with Gasteiger partial charge in [0.15, 0.2) is 0 Å². The van der Waals surface area contributed by atoms with Crippen molar-refractivity contribution >= 4 is 23.1 Å². The second kappa shape index (κ2) is 6.59. The third-order valence-corrected chi connectivity index (χ3v) is 5.08. The predicted octanol–water partition coefficient (Wildman–Crippen LogP) is 3.69. The molecule has 2 heterocycles. The van der Waals surface area contributed by atoms with Crippen LogP contribution in [0.2, 0.25) is 0 Å². The van der Waals surface area contributed by atoms with Gasteiger partial charge in [0.2, 0.25) is 0 Å². The Morgan fingerprint density at radius 2 is 2.26 bits per heavy atom. The van der Waals surface area contributed by atoms with Crippen LogP contribution in [0.1, 0.15) is 25.1 Å². The molecule has 3 nitrogen and oxygen atoms in total. The molecule has 0 aliphatic rings. The Morgan fingerprint density at radius 3 is 2.89 bits per heavy atom. The number of aryl methyl sites for hydroxylation is 2. The van der Waals surface area contributed by atoms with Crippen LogP contribution >= 0.6 is 23.1 Å². The van der Waals surface area contributed by atoms with E-state index in [9.17, 15) is 0 Å². The molecule has 0 radical (unpaired) electrons. The summed E-state index contributed by atoms with van der Waals surface area (Å²) in [5.41, 5.74) is 2.44. The number of hydrogen-bond donors (Lipinski definition) is 1. The highest BCUT2D eigenvalue weighted by atomic mass is 32.2. The van der Waals surface area contributed by atoms with Gasteiger partial charge in [-0.25, -0.2) is 0 Å². The third-order valence-electron chi connectivity index (χ3n) is 2.84. The van der Waals surface area contributed by atoms with E-state index < -0.39 is 0 Å². The highest BCUT2D eigenvalue weighted by Gasteiger charge is 2.14. The third kappa shape index (κ3) is 3.84. The number of hydrogen-bond acceptors (Lipinski definition) is 4. The molecule has 104 valence electrons. The fourth-order valence-corrected chi connectivity index (χ4v) is 3.81. The van der Waals surface area contributed by atoms with Gasteiger partial charge in [-0.05, 0) is 30.8 Å². The van der Waals surface area contributed by atoms with Gasteiger partial charge < -0.3 is 5.32 Å². The van der Waals surface area contributed by atoms with Gasteiger partial charge in [0, 0.05) is 19.2 Å². The van der Waals surface area contributed by atoms with Gasteiger partial charge in [-0.3, -0.25) is 4.68 Å². The van der Waals surface area contributed by atoms with Crippen molar-refractivity contribution < 1.29 is 0 Å². The largest absolute Gasteiger partial charge is 0.312 e. The molecule has 0 aromatic carbocycles. The second-order valence-corrected chi connectivity index (χ2v) is 7.29. The zero-order chi connectivity index (χ0) is 13.8. The van der Waals surface area contributed by atoms with Crippen molar-refractivity contribution in [1.29, 1.82) is 0 Å². The van der Waals surface area contributed by atoms with Gasteiger partial charge >= 0.3 is 0 Å². The number of rotatable bonds is 6. The maximum atomic E-state index is 4.55. The molecule has 0 aliphatic carbocycles. The molecular weight excluding hydrogens is 274 g/mol. The van der Waals surface area contributed by atoms with Crippen molar-refractivity contribution in [3.8, 4) is 0 Å². The molecule has 0 spiro atoms. The topological polar surface area (TPSA) is 29.9 Å². The number of thiophene rings is 1. The molecular formula is C14H21N3S2. The van der Waals surface area contributed by atoms with Crippen LogP contribution in [0.4, 0.5) is 0 Å². The Labute approximate surface area is 123 Å². The van der Waals surface area contributed by atoms with Crippen molar-refractivity contribution in [2.24, 2.45) is 13.0 Å². The van der Waals surface area contributed by atoms with Crippen LogP contribution in [-0.4, -0.2) is 16.3 Å². The summed E-state index contributed by atoms with van der Waals surface area (Å²) in [4.78, 5) is 0. The van der Waals surface area contributed by atoms with Gasteiger partial charge in [-0.15, -0.1) is 11.3 Å². The maximum Gasteiger partial charge on any atom is 0.104 e. The maximum absolute atomic E-state index is 4.55. The molecule has 19 heavy (non-hydrogen) atoms. The predicted molar refractivity (Wildman–Crippen MR) is 82.9 cm³/mol. The van der Waals surface area contributed by atoms with Crippen molar-refractivity contribution in [3.63, 3.8) is 0 Å². The first-order chi connectivity index (χ1) is 9.08. The van der Waals surface area contributed by atoms with Gasteiger partial charge in [-0.1, -0.05) is 31.7 Å². The monoisotopic (exact) mass is 295 g/mol. The van der Waals surface area contributed by atoms with E-state index in [-0.39, 0.29) is 0 Å². The molecule has 0 atom stereocenters. The molecule has 0 bridgehead atoms. The lowest BCUT2D eigenvalue weighted by molar-refractivity contribution is 0.548. The summed E-state index contributed by atoms with van der Waals surface area (Å²) in [6, 6.07) is 4.25. The molecule has 0 saturated heterocycles. The van der Waals surface area contributed by atoms with Crippen LogP contribution in [-0.2, 0) is 13.6 Å². The summed E-state index contributed by atoms with van der Waals surface area (Å²) in [7, 11) is 2.02.